The Morgan fingerprint density at radius 1 is 0.641 bits per heavy atom. The first-order valence-electron chi connectivity index (χ1n) is 17.2. The average molecular weight is 542 g/mol. The average Bonchev–Trinajstić information content (AvgIpc) is 3.43. The number of piperidine rings is 1. The molecule has 8 unspecified atom stereocenters. The Kier molecular flexibility index (Phi) is 8.04. The number of nitrogens with zero attached hydrogens (tertiary/aromatic N) is 3. The summed E-state index contributed by atoms with van der Waals surface area (Å²) in [6.45, 7) is 26.3. The molecular formula is C35H63N3O. The molecule has 224 valence electrons. The Balaban J connectivity index is 1.14. The molecule has 0 aromatic heterocycles. The third kappa shape index (κ3) is 6.02. The van der Waals surface area contributed by atoms with Gasteiger partial charge < -0.3 is 4.74 Å². The summed E-state index contributed by atoms with van der Waals surface area (Å²) in [5, 5.41) is 0. The lowest BCUT2D eigenvalue weighted by Crippen LogP contribution is -2.56. The van der Waals surface area contributed by atoms with Crippen LogP contribution >= 0.6 is 0 Å². The molecule has 0 spiro atoms. The van der Waals surface area contributed by atoms with E-state index < -0.39 is 0 Å². The maximum absolute atomic E-state index is 6.63. The summed E-state index contributed by atoms with van der Waals surface area (Å²) in [6.07, 6.45) is 14.6. The zero-order valence-electron chi connectivity index (χ0n) is 26.9. The van der Waals surface area contributed by atoms with E-state index in [-0.39, 0.29) is 5.54 Å². The standard InChI is InChI=1S/C35H63N3O/c1-33(2,3)30-18-31-32(39-16-15-36(31)24-30)20-35(6,7)38-21-25(17-27-9-8-10-28(27)23-38)19-34(4,5)37-14-13-26-11-12-29(26)22-37/h25-32H,8-24H2,1-7H3. The summed E-state index contributed by atoms with van der Waals surface area (Å²) in [6, 6.07) is 0.623. The van der Waals surface area contributed by atoms with Gasteiger partial charge in [-0.2, -0.15) is 0 Å². The van der Waals surface area contributed by atoms with Gasteiger partial charge in [0.2, 0.25) is 0 Å². The van der Waals surface area contributed by atoms with Gasteiger partial charge in [0.15, 0.2) is 0 Å². The molecule has 0 bridgehead atoms. The predicted molar refractivity (Wildman–Crippen MR) is 163 cm³/mol. The first-order chi connectivity index (χ1) is 18.4. The van der Waals surface area contributed by atoms with Crippen LogP contribution in [0.1, 0.15) is 113 Å². The van der Waals surface area contributed by atoms with Crippen molar-refractivity contribution in [3.63, 3.8) is 0 Å². The monoisotopic (exact) mass is 541 g/mol. The largest absolute Gasteiger partial charge is 0.375 e. The lowest BCUT2D eigenvalue weighted by molar-refractivity contribution is -0.0820. The summed E-state index contributed by atoms with van der Waals surface area (Å²) in [5.41, 5.74) is 0.920. The van der Waals surface area contributed by atoms with Crippen molar-refractivity contribution in [2.45, 2.75) is 136 Å². The van der Waals surface area contributed by atoms with E-state index in [1.54, 1.807) is 0 Å². The second-order valence-corrected chi connectivity index (χ2v) is 17.6. The fraction of sp³-hybridized carbons (Fsp3) is 1.00. The van der Waals surface area contributed by atoms with Gasteiger partial charge >= 0.3 is 0 Å². The zero-order chi connectivity index (χ0) is 27.6. The van der Waals surface area contributed by atoms with Crippen molar-refractivity contribution in [2.75, 3.05) is 45.9 Å². The Bertz CT molecular complexity index is 847. The van der Waals surface area contributed by atoms with Crippen molar-refractivity contribution in [3.05, 3.63) is 0 Å². The van der Waals surface area contributed by atoms with E-state index in [1.165, 1.54) is 96.9 Å². The van der Waals surface area contributed by atoms with Gasteiger partial charge in [-0.3, -0.25) is 14.7 Å². The highest BCUT2D eigenvalue weighted by atomic mass is 16.5. The van der Waals surface area contributed by atoms with Gasteiger partial charge in [0.25, 0.3) is 0 Å². The Morgan fingerprint density at radius 2 is 1.33 bits per heavy atom. The van der Waals surface area contributed by atoms with E-state index in [2.05, 4.69) is 63.2 Å². The number of ether oxygens (including phenoxy) is 1. The second-order valence-electron chi connectivity index (χ2n) is 17.6. The third-order valence-electron chi connectivity index (χ3n) is 13.2. The van der Waals surface area contributed by atoms with Gasteiger partial charge in [-0.05, 0) is 127 Å². The van der Waals surface area contributed by atoms with E-state index in [0.717, 1.165) is 48.7 Å². The molecular weight excluding hydrogens is 478 g/mol. The minimum Gasteiger partial charge on any atom is -0.375 e. The summed E-state index contributed by atoms with van der Waals surface area (Å²) >= 11 is 0. The lowest BCUT2D eigenvalue weighted by Gasteiger charge is -2.52. The molecule has 6 rings (SSSR count). The van der Waals surface area contributed by atoms with Gasteiger partial charge in [-0.15, -0.1) is 0 Å². The zero-order valence-corrected chi connectivity index (χ0v) is 26.9. The van der Waals surface area contributed by atoms with Crippen molar-refractivity contribution in [3.8, 4) is 0 Å². The fourth-order valence-electron chi connectivity index (χ4n) is 10.3. The third-order valence-corrected chi connectivity index (χ3v) is 13.2. The van der Waals surface area contributed by atoms with Gasteiger partial charge in [0.05, 0.1) is 12.7 Å². The quantitative estimate of drug-likeness (QED) is 0.363. The molecule has 6 aliphatic rings. The lowest BCUT2D eigenvalue weighted by atomic mass is 9.68. The van der Waals surface area contributed by atoms with Crippen molar-refractivity contribution >= 4 is 0 Å². The highest BCUT2D eigenvalue weighted by molar-refractivity contribution is 5.01. The highest BCUT2D eigenvalue weighted by Crippen LogP contribution is 2.47. The number of hydrogen-bond acceptors (Lipinski definition) is 4. The first kappa shape index (κ1) is 28.9. The maximum atomic E-state index is 6.63. The summed E-state index contributed by atoms with van der Waals surface area (Å²) < 4.78 is 6.63. The molecule has 4 heteroatoms. The molecule has 0 amide bonds. The van der Waals surface area contributed by atoms with E-state index >= 15 is 0 Å². The number of likely N-dealkylation sites (tertiary alicyclic amines) is 2. The predicted octanol–water partition coefficient (Wildman–Crippen LogP) is 6.93. The molecule has 4 aliphatic heterocycles. The number of hydrogen-bond donors (Lipinski definition) is 0. The Labute approximate surface area is 242 Å². The van der Waals surface area contributed by atoms with Crippen LogP contribution in [0.2, 0.25) is 0 Å². The second kappa shape index (κ2) is 10.8. The molecule has 0 radical (unpaired) electrons. The van der Waals surface area contributed by atoms with Gasteiger partial charge in [-0.25, -0.2) is 0 Å². The molecule has 4 saturated heterocycles. The number of morpholine rings is 1. The van der Waals surface area contributed by atoms with Crippen LogP contribution < -0.4 is 0 Å². The van der Waals surface area contributed by atoms with Crippen LogP contribution in [0.3, 0.4) is 0 Å². The normalized spacial score (nSPS) is 41.0. The minimum atomic E-state index is 0.192. The molecule has 4 heterocycles. The van der Waals surface area contributed by atoms with Crippen LogP contribution in [-0.4, -0.2) is 83.8 Å². The molecule has 6 fully saturated rings. The van der Waals surface area contributed by atoms with Crippen LogP contribution in [0.25, 0.3) is 0 Å². The van der Waals surface area contributed by atoms with Crippen LogP contribution in [-0.2, 0) is 4.74 Å². The molecule has 0 aromatic rings. The van der Waals surface area contributed by atoms with Gasteiger partial charge in [0.1, 0.15) is 0 Å². The summed E-state index contributed by atoms with van der Waals surface area (Å²) in [7, 11) is 0. The topological polar surface area (TPSA) is 19.0 Å². The van der Waals surface area contributed by atoms with Crippen molar-refractivity contribution in [2.24, 2.45) is 40.9 Å². The molecule has 4 nitrogen and oxygen atoms in total. The van der Waals surface area contributed by atoms with E-state index in [1.807, 2.05) is 0 Å². The number of rotatable bonds is 6. The summed E-state index contributed by atoms with van der Waals surface area (Å²) in [4.78, 5) is 8.70. The Hall–Kier alpha value is -0.160. The Morgan fingerprint density at radius 3 is 2.05 bits per heavy atom. The van der Waals surface area contributed by atoms with E-state index in [9.17, 15) is 0 Å². The molecule has 2 saturated carbocycles. The van der Waals surface area contributed by atoms with Crippen molar-refractivity contribution in [1.82, 2.24) is 14.7 Å². The van der Waals surface area contributed by atoms with Gasteiger partial charge in [0, 0.05) is 49.8 Å². The maximum Gasteiger partial charge on any atom is 0.0748 e. The molecule has 0 N–H and O–H groups in total. The van der Waals surface area contributed by atoms with Crippen LogP contribution in [0.5, 0.6) is 0 Å². The molecule has 0 aromatic carbocycles. The molecule has 8 atom stereocenters. The fourth-order valence-corrected chi connectivity index (χ4v) is 10.3. The first-order valence-corrected chi connectivity index (χ1v) is 17.2. The van der Waals surface area contributed by atoms with Crippen molar-refractivity contribution < 1.29 is 4.74 Å². The highest BCUT2D eigenvalue weighted by Gasteiger charge is 2.48. The molecule has 39 heavy (non-hydrogen) atoms. The minimum absolute atomic E-state index is 0.192. The van der Waals surface area contributed by atoms with Gasteiger partial charge in [-0.1, -0.05) is 33.6 Å². The van der Waals surface area contributed by atoms with Crippen LogP contribution in [0.4, 0.5) is 0 Å². The summed E-state index contributed by atoms with van der Waals surface area (Å²) in [5.74, 6) is 5.57. The van der Waals surface area contributed by atoms with Crippen molar-refractivity contribution in [1.29, 1.82) is 0 Å². The van der Waals surface area contributed by atoms with E-state index in [0.29, 0.717) is 23.1 Å². The smallest absolute Gasteiger partial charge is 0.0748 e. The SMILES string of the molecule is CC(C)(C)C1CC2C(CC(C)(C)N3CC(CC(C)(C)N4CCC5CCC5C4)CC4CCCC4C3)OCCN2C1. The van der Waals surface area contributed by atoms with Crippen LogP contribution in [0.15, 0.2) is 0 Å². The number of fused-ring (bicyclic) bond motifs is 3. The molecule has 2 aliphatic carbocycles. The van der Waals surface area contributed by atoms with E-state index in [4.69, 9.17) is 4.74 Å². The van der Waals surface area contributed by atoms with Crippen LogP contribution in [0, 0.1) is 40.9 Å².